The van der Waals surface area contributed by atoms with Crippen LogP contribution in [0.3, 0.4) is 0 Å². The lowest BCUT2D eigenvalue weighted by molar-refractivity contribution is -0.136. The Morgan fingerprint density at radius 3 is 3.05 bits per heavy atom. The number of aromatic nitrogens is 1. The highest BCUT2D eigenvalue weighted by Gasteiger charge is 2.23. The van der Waals surface area contributed by atoms with E-state index in [1.54, 1.807) is 18.3 Å². The molecule has 0 saturated carbocycles. The molecule has 1 atom stereocenters. The van der Waals surface area contributed by atoms with Crippen LogP contribution >= 0.6 is 0 Å². The number of carboxylic acids is 1. The number of nitrogens with zero attached hydrogens (tertiary/aromatic N) is 2. The summed E-state index contributed by atoms with van der Waals surface area (Å²) >= 11 is 0. The quantitative estimate of drug-likeness (QED) is 0.684. The fraction of sp³-hybridized carbons (Fsp3) is 0.500. The van der Waals surface area contributed by atoms with Gasteiger partial charge in [0, 0.05) is 25.8 Å². The van der Waals surface area contributed by atoms with E-state index in [2.05, 4.69) is 15.2 Å². The second kappa shape index (κ2) is 7.03. The molecule has 1 amide bonds. The van der Waals surface area contributed by atoms with Gasteiger partial charge >= 0.3 is 5.97 Å². The van der Waals surface area contributed by atoms with E-state index in [0.717, 1.165) is 25.9 Å². The zero-order chi connectivity index (χ0) is 15.2. The third-order valence-electron chi connectivity index (χ3n) is 3.58. The molecule has 0 aliphatic carbocycles. The average Bonchev–Trinajstić information content (AvgIpc) is 2.47. The number of carboxylic acid groups (broad SMARTS) is 1. The highest BCUT2D eigenvalue weighted by Crippen LogP contribution is 2.23. The van der Waals surface area contributed by atoms with E-state index in [1.807, 2.05) is 0 Å². The Labute approximate surface area is 123 Å². The highest BCUT2D eigenvalue weighted by molar-refractivity contribution is 5.97. The number of pyridine rings is 1. The first-order chi connectivity index (χ1) is 10.1. The lowest BCUT2D eigenvalue weighted by Gasteiger charge is -2.34. The number of rotatable bonds is 6. The van der Waals surface area contributed by atoms with Crippen molar-refractivity contribution in [3.05, 3.63) is 23.9 Å². The molecule has 7 nitrogen and oxygen atoms in total. The molecule has 1 unspecified atom stereocenters. The van der Waals surface area contributed by atoms with Gasteiger partial charge in [-0.15, -0.1) is 0 Å². The summed E-state index contributed by atoms with van der Waals surface area (Å²) in [5.74, 6) is -0.388. The molecule has 4 N–H and O–H groups in total. The first-order valence-corrected chi connectivity index (χ1v) is 7.00. The number of amides is 1. The molecule has 0 bridgehead atoms. The summed E-state index contributed by atoms with van der Waals surface area (Å²) in [4.78, 5) is 28.3. The van der Waals surface area contributed by atoms with E-state index in [9.17, 15) is 9.59 Å². The molecule has 1 aliphatic rings. The Morgan fingerprint density at radius 1 is 1.52 bits per heavy atom. The Kier molecular flexibility index (Phi) is 5.10. The smallest absolute Gasteiger partial charge is 0.317 e. The Morgan fingerprint density at radius 2 is 2.33 bits per heavy atom. The largest absolute Gasteiger partial charge is 0.480 e. The number of carbonyl (C=O) groups is 2. The SMILES string of the molecule is NC(=O)c1cccnc1N1CCCC(CNCC(=O)O)C1. The summed E-state index contributed by atoms with van der Waals surface area (Å²) in [6.45, 7) is 2.17. The molecule has 2 rings (SSSR count). The van der Waals surface area contributed by atoms with Crippen molar-refractivity contribution in [2.45, 2.75) is 12.8 Å². The summed E-state index contributed by atoms with van der Waals surface area (Å²) < 4.78 is 0. The molecule has 1 saturated heterocycles. The summed E-state index contributed by atoms with van der Waals surface area (Å²) in [6.07, 6.45) is 3.66. The maximum Gasteiger partial charge on any atom is 0.317 e. The van der Waals surface area contributed by atoms with Gasteiger partial charge in [-0.2, -0.15) is 0 Å². The summed E-state index contributed by atoms with van der Waals surface area (Å²) in [6, 6.07) is 3.37. The van der Waals surface area contributed by atoms with Crippen molar-refractivity contribution in [3.63, 3.8) is 0 Å². The molecule has 2 heterocycles. The Hall–Kier alpha value is -2.15. The van der Waals surface area contributed by atoms with E-state index in [-0.39, 0.29) is 6.54 Å². The maximum atomic E-state index is 11.5. The van der Waals surface area contributed by atoms with Crippen molar-refractivity contribution in [1.82, 2.24) is 10.3 Å². The van der Waals surface area contributed by atoms with E-state index >= 15 is 0 Å². The second-order valence-corrected chi connectivity index (χ2v) is 5.22. The minimum absolute atomic E-state index is 0.0351. The summed E-state index contributed by atoms with van der Waals surface area (Å²) in [7, 11) is 0. The molecule has 114 valence electrons. The Balaban J connectivity index is 2.01. The van der Waals surface area contributed by atoms with Crippen molar-refractivity contribution in [2.75, 3.05) is 31.1 Å². The molecule has 0 aromatic carbocycles. The van der Waals surface area contributed by atoms with Crippen molar-refractivity contribution >= 4 is 17.7 Å². The normalized spacial score (nSPS) is 18.5. The van der Waals surface area contributed by atoms with Crippen LogP contribution in [0.15, 0.2) is 18.3 Å². The molecular weight excluding hydrogens is 272 g/mol. The van der Waals surface area contributed by atoms with Crippen LogP contribution in [0.5, 0.6) is 0 Å². The van der Waals surface area contributed by atoms with Crippen LogP contribution in [0.1, 0.15) is 23.2 Å². The molecule has 0 radical (unpaired) electrons. The lowest BCUT2D eigenvalue weighted by atomic mass is 9.97. The lowest BCUT2D eigenvalue weighted by Crippen LogP contribution is -2.41. The van der Waals surface area contributed by atoms with Crippen LogP contribution < -0.4 is 16.0 Å². The molecule has 7 heteroatoms. The van der Waals surface area contributed by atoms with Gasteiger partial charge in [-0.3, -0.25) is 9.59 Å². The monoisotopic (exact) mass is 292 g/mol. The fourth-order valence-electron chi connectivity index (χ4n) is 2.65. The molecule has 1 fully saturated rings. The summed E-state index contributed by atoms with van der Waals surface area (Å²) in [5, 5.41) is 11.6. The molecule has 1 aromatic rings. The van der Waals surface area contributed by atoms with Crippen molar-refractivity contribution in [3.8, 4) is 0 Å². The number of hydrogen-bond donors (Lipinski definition) is 3. The van der Waals surface area contributed by atoms with Crippen LogP contribution in [0.4, 0.5) is 5.82 Å². The topological polar surface area (TPSA) is 109 Å². The molecular formula is C14H20N4O3. The molecule has 21 heavy (non-hydrogen) atoms. The number of hydrogen-bond acceptors (Lipinski definition) is 5. The van der Waals surface area contributed by atoms with Gasteiger partial charge in [0.1, 0.15) is 5.82 Å². The van der Waals surface area contributed by atoms with Crippen molar-refractivity contribution < 1.29 is 14.7 Å². The maximum absolute atomic E-state index is 11.5. The number of primary amides is 1. The van der Waals surface area contributed by atoms with Gasteiger partial charge in [-0.05, 0) is 30.9 Å². The van der Waals surface area contributed by atoms with Gasteiger partial charge < -0.3 is 21.1 Å². The van der Waals surface area contributed by atoms with Gasteiger partial charge in [-0.25, -0.2) is 4.98 Å². The Bertz CT molecular complexity index is 521. The standard InChI is InChI=1S/C14H20N4O3/c15-13(21)11-4-1-5-17-14(11)18-6-2-3-10(9-18)7-16-8-12(19)20/h1,4-5,10,16H,2-3,6-9H2,(H2,15,21)(H,19,20). The van der Waals surface area contributed by atoms with E-state index in [0.29, 0.717) is 23.8 Å². The zero-order valence-corrected chi connectivity index (χ0v) is 11.8. The van der Waals surface area contributed by atoms with E-state index in [1.165, 1.54) is 0 Å². The third kappa shape index (κ3) is 4.16. The number of nitrogens with one attached hydrogen (secondary N) is 1. The van der Waals surface area contributed by atoms with Gasteiger partial charge in [0.25, 0.3) is 5.91 Å². The molecule has 1 aliphatic heterocycles. The zero-order valence-electron chi connectivity index (χ0n) is 11.8. The predicted octanol–water partition coefficient (Wildman–Crippen LogP) is 0.0711. The third-order valence-corrected chi connectivity index (χ3v) is 3.58. The van der Waals surface area contributed by atoms with Crippen LogP contribution in [0, 0.1) is 5.92 Å². The van der Waals surface area contributed by atoms with Crippen LogP contribution in [-0.2, 0) is 4.79 Å². The number of piperidine rings is 1. The minimum atomic E-state index is -0.858. The van der Waals surface area contributed by atoms with E-state index < -0.39 is 11.9 Å². The predicted molar refractivity (Wildman–Crippen MR) is 78.2 cm³/mol. The first kappa shape index (κ1) is 15.2. The number of carbonyl (C=O) groups excluding carboxylic acids is 1. The van der Waals surface area contributed by atoms with Gasteiger partial charge in [0.15, 0.2) is 0 Å². The van der Waals surface area contributed by atoms with Crippen LogP contribution in [-0.4, -0.2) is 48.1 Å². The van der Waals surface area contributed by atoms with Crippen LogP contribution in [0.2, 0.25) is 0 Å². The van der Waals surface area contributed by atoms with Gasteiger partial charge in [0.05, 0.1) is 12.1 Å². The highest BCUT2D eigenvalue weighted by atomic mass is 16.4. The summed E-state index contributed by atoms with van der Waals surface area (Å²) in [5.41, 5.74) is 5.81. The minimum Gasteiger partial charge on any atom is -0.480 e. The average molecular weight is 292 g/mol. The van der Waals surface area contributed by atoms with Crippen molar-refractivity contribution in [2.24, 2.45) is 11.7 Å². The fourth-order valence-corrected chi connectivity index (χ4v) is 2.65. The number of nitrogens with two attached hydrogens (primary N) is 1. The van der Waals surface area contributed by atoms with Crippen LogP contribution in [0.25, 0.3) is 0 Å². The van der Waals surface area contributed by atoms with Crippen molar-refractivity contribution in [1.29, 1.82) is 0 Å². The second-order valence-electron chi connectivity index (χ2n) is 5.22. The number of anilines is 1. The molecule has 0 spiro atoms. The van der Waals surface area contributed by atoms with Gasteiger partial charge in [-0.1, -0.05) is 0 Å². The van der Waals surface area contributed by atoms with E-state index in [4.69, 9.17) is 10.8 Å². The number of aliphatic carboxylic acids is 1. The van der Waals surface area contributed by atoms with Gasteiger partial charge in [0.2, 0.25) is 0 Å². The molecule has 1 aromatic heterocycles. The first-order valence-electron chi connectivity index (χ1n) is 7.00.